The van der Waals surface area contributed by atoms with Crippen LogP contribution in [0.15, 0.2) is 47.0 Å². The Morgan fingerprint density at radius 2 is 1.74 bits per heavy atom. The molecule has 2 aromatic heterocycles. The Labute approximate surface area is 196 Å². The largest absolute Gasteiger partial charge is 0.335 e. The number of aromatic nitrogens is 2. The van der Waals surface area contributed by atoms with Gasteiger partial charge in [-0.15, -0.1) is 0 Å². The lowest BCUT2D eigenvalue weighted by atomic mass is 10.0. The third kappa shape index (κ3) is 4.39. The molecular formula is C26H25FN4O3. The molecule has 4 rings (SSSR count). The maximum Gasteiger partial charge on any atom is 0.259 e. The monoisotopic (exact) mass is 460 g/mol. The number of hydrogen-bond acceptors (Lipinski definition) is 5. The number of aryl methyl sites for hydroxylation is 4. The number of fused-ring (bicyclic) bond motifs is 1. The molecule has 4 aromatic rings. The number of carbonyl (C=O) groups excluding carboxylic acids is 2. The number of anilines is 1. The number of carbonyl (C=O) groups is 2. The summed E-state index contributed by atoms with van der Waals surface area (Å²) in [6, 6.07) is 11.6. The molecule has 1 N–H and O–H groups in total. The van der Waals surface area contributed by atoms with Crippen molar-refractivity contribution in [2.24, 2.45) is 0 Å². The van der Waals surface area contributed by atoms with Crippen LogP contribution in [-0.4, -0.2) is 40.4 Å². The van der Waals surface area contributed by atoms with E-state index in [2.05, 4.69) is 15.5 Å². The van der Waals surface area contributed by atoms with Crippen molar-refractivity contribution in [3.8, 4) is 11.3 Å². The van der Waals surface area contributed by atoms with Crippen LogP contribution in [0.5, 0.6) is 0 Å². The van der Waals surface area contributed by atoms with Crippen LogP contribution < -0.4 is 5.32 Å². The van der Waals surface area contributed by atoms with Crippen molar-refractivity contribution < 1.29 is 18.5 Å². The van der Waals surface area contributed by atoms with E-state index >= 15 is 0 Å². The normalized spacial score (nSPS) is 11.0. The van der Waals surface area contributed by atoms with Crippen LogP contribution in [0, 0.1) is 33.5 Å². The number of halogens is 1. The van der Waals surface area contributed by atoms with Crippen molar-refractivity contribution in [1.82, 2.24) is 15.0 Å². The van der Waals surface area contributed by atoms with Gasteiger partial charge in [0.2, 0.25) is 5.91 Å². The molecule has 8 heteroatoms. The summed E-state index contributed by atoms with van der Waals surface area (Å²) in [5.74, 6) is -1.23. The van der Waals surface area contributed by atoms with Crippen LogP contribution in [0.25, 0.3) is 22.4 Å². The van der Waals surface area contributed by atoms with Gasteiger partial charge >= 0.3 is 0 Å². The lowest BCUT2D eigenvalue weighted by Gasteiger charge is -2.19. The van der Waals surface area contributed by atoms with Crippen LogP contribution >= 0.6 is 0 Å². The predicted molar refractivity (Wildman–Crippen MR) is 128 cm³/mol. The fourth-order valence-corrected chi connectivity index (χ4v) is 4.12. The summed E-state index contributed by atoms with van der Waals surface area (Å²) in [7, 11) is 1.54. The van der Waals surface area contributed by atoms with Gasteiger partial charge in [-0.2, -0.15) is 0 Å². The SMILES string of the molecule is Cc1cc(C)c(NC(=O)CN(C)C(=O)c2cc(-c3ccccc3F)nc3onc(C)c23)c(C)c1. The molecule has 2 aromatic carbocycles. The Bertz CT molecular complexity index is 1400. The number of pyridine rings is 1. The van der Waals surface area contributed by atoms with Crippen LogP contribution in [0.1, 0.15) is 32.7 Å². The van der Waals surface area contributed by atoms with Crippen molar-refractivity contribution in [3.63, 3.8) is 0 Å². The van der Waals surface area contributed by atoms with Gasteiger partial charge < -0.3 is 14.7 Å². The number of nitrogens with one attached hydrogen (secondary N) is 1. The Kier molecular flexibility index (Phi) is 6.15. The van der Waals surface area contributed by atoms with Crippen molar-refractivity contribution in [3.05, 3.63) is 76.2 Å². The first-order chi connectivity index (χ1) is 16.2. The first-order valence-corrected chi connectivity index (χ1v) is 10.8. The molecule has 0 fully saturated rings. The molecule has 0 aliphatic carbocycles. The molecule has 0 saturated heterocycles. The molecule has 2 heterocycles. The Balaban J connectivity index is 1.64. The molecule has 34 heavy (non-hydrogen) atoms. The van der Waals surface area contributed by atoms with Crippen molar-refractivity contribution in [2.75, 3.05) is 18.9 Å². The Morgan fingerprint density at radius 1 is 1.06 bits per heavy atom. The maximum atomic E-state index is 14.4. The predicted octanol–water partition coefficient (Wildman–Crippen LogP) is 4.97. The van der Waals surface area contributed by atoms with Gasteiger partial charge in [0.1, 0.15) is 5.82 Å². The van der Waals surface area contributed by atoms with Crippen molar-refractivity contribution in [2.45, 2.75) is 27.7 Å². The van der Waals surface area contributed by atoms with Gasteiger partial charge in [-0.25, -0.2) is 9.37 Å². The van der Waals surface area contributed by atoms with E-state index < -0.39 is 11.7 Å². The number of benzene rings is 2. The second-order valence-corrected chi connectivity index (χ2v) is 8.47. The summed E-state index contributed by atoms with van der Waals surface area (Å²) in [6.45, 7) is 7.38. The second kappa shape index (κ2) is 9.05. The molecule has 7 nitrogen and oxygen atoms in total. The van der Waals surface area contributed by atoms with E-state index in [1.807, 2.05) is 32.9 Å². The first-order valence-electron chi connectivity index (χ1n) is 10.8. The molecule has 0 saturated carbocycles. The molecule has 0 aliphatic heterocycles. The number of nitrogens with zero attached hydrogens (tertiary/aromatic N) is 3. The smallest absolute Gasteiger partial charge is 0.259 e. The van der Waals surface area contributed by atoms with Crippen LogP contribution in [0.2, 0.25) is 0 Å². The summed E-state index contributed by atoms with van der Waals surface area (Å²) in [4.78, 5) is 31.8. The van der Waals surface area contributed by atoms with Crippen molar-refractivity contribution in [1.29, 1.82) is 0 Å². The molecule has 0 aliphatic rings. The number of amides is 2. The zero-order valence-corrected chi connectivity index (χ0v) is 19.7. The van der Waals surface area contributed by atoms with Gasteiger partial charge in [0.05, 0.1) is 28.9 Å². The lowest BCUT2D eigenvalue weighted by molar-refractivity contribution is -0.116. The molecule has 0 bridgehead atoms. The fraction of sp³-hybridized carbons (Fsp3) is 0.231. The zero-order chi connectivity index (χ0) is 24.6. The molecular weight excluding hydrogens is 435 g/mol. The van der Waals surface area contributed by atoms with Crippen LogP contribution in [-0.2, 0) is 4.79 Å². The Morgan fingerprint density at radius 3 is 2.41 bits per heavy atom. The summed E-state index contributed by atoms with van der Waals surface area (Å²) in [6.07, 6.45) is 0. The molecule has 0 spiro atoms. The second-order valence-electron chi connectivity index (χ2n) is 8.47. The van der Waals surface area contributed by atoms with Gasteiger partial charge in [-0.1, -0.05) is 35.0 Å². The first kappa shape index (κ1) is 23.1. The maximum absolute atomic E-state index is 14.4. The summed E-state index contributed by atoms with van der Waals surface area (Å²) in [5, 5.41) is 7.26. The average molecular weight is 461 g/mol. The quantitative estimate of drug-likeness (QED) is 0.454. The zero-order valence-electron chi connectivity index (χ0n) is 19.7. The number of likely N-dealkylation sites (N-methyl/N-ethyl adjacent to an activating group) is 1. The van der Waals surface area contributed by atoms with E-state index in [9.17, 15) is 14.0 Å². The van der Waals surface area contributed by atoms with E-state index in [-0.39, 0.29) is 35.0 Å². The highest BCUT2D eigenvalue weighted by Gasteiger charge is 2.24. The van der Waals surface area contributed by atoms with Gasteiger partial charge in [-0.3, -0.25) is 9.59 Å². The highest BCUT2D eigenvalue weighted by atomic mass is 19.1. The Hall–Kier alpha value is -4.07. The summed E-state index contributed by atoms with van der Waals surface area (Å²) < 4.78 is 19.7. The van der Waals surface area contributed by atoms with E-state index in [4.69, 9.17) is 4.52 Å². The highest BCUT2D eigenvalue weighted by Crippen LogP contribution is 2.29. The summed E-state index contributed by atoms with van der Waals surface area (Å²) in [5.41, 5.74) is 5.07. The standard InChI is InChI=1S/C26H25FN4O3/c1-14-10-15(2)24(16(3)11-14)29-22(32)13-31(5)26(33)19-12-21(18-8-6-7-9-20(18)27)28-25-23(19)17(4)30-34-25/h6-12H,13H2,1-5H3,(H,29,32). The minimum absolute atomic E-state index is 0.130. The third-order valence-electron chi connectivity index (χ3n) is 5.67. The number of hydrogen-bond donors (Lipinski definition) is 1. The fourth-order valence-electron chi connectivity index (χ4n) is 4.12. The highest BCUT2D eigenvalue weighted by molar-refractivity contribution is 6.08. The van der Waals surface area contributed by atoms with Crippen molar-refractivity contribution >= 4 is 28.6 Å². The summed E-state index contributed by atoms with van der Waals surface area (Å²) >= 11 is 0. The lowest BCUT2D eigenvalue weighted by Crippen LogP contribution is -2.35. The van der Waals surface area contributed by atoms with Gasteiger partial charge in [0, 0.05) is 18.3 Å². The van der Waals surface area contributed by atoms with E-state index in [1.165, 1.54) is 24.1 Å². The van der Waals surface area contributed by atoms with E-state index in [0.717, 1.165) is 22.4 Å². The average Bonchev–Trinajstić information content (AvgIpc) is 3.16. The number of rotatable bonds is 5. The third-order valence-corrected chi connectivity index (χ3v) is 5.67. The van der Waals surface area contributed by atoms with Crippen LogP contribution in [0.4, 0.5) is 10.1 Å². The molecule has 0 radical (unpaired) electrons. The minimum Gasteiger partial charge on any atom is -0.335 e. The van der Waals surface area contributed by atoms with Crippen LogP contribution in [0.3, 0.4) is 0 Å². The minimum atomic E-state index is -0.472. The topological polar surface area (TPSA) is 88.3 Å². The van der Waals surface area contributed by atoms with Gasteiger partial charge in [0.25, 0.3) is 11.6 Å². The van der Waals surface area contributed by atoms with Gasteiger partial charge in [0.15, 0.2) is 0 Å². The van der Waals surface area contributed by atoms with E-state index in [0.29, 0.717) is 11.1 Å². The molecule has 174 valence electrons. The van der Waals surface area contributed by atoms with Gasteiger partial charge in [-0.05, 0) is 57.0 Å². The van der Waals surface area contributed by atoms with E-state index in [1.54, 1.807) is 25.1 Å². The molecule has 0 unspecified atom stereocenters. The molecule has 2 amide bonds. The molecule has 0 atom stereocenters.